The monoisotopic (exact) mass is 291 g/mol. The van der Waals surface area contributed by atoms with Gasteiger partial charge in [-0.2, -0.15) is 0 Å². The number of nitrogens with two attached hydrogens (primary N) is 1. The van der Waals surface area contributed by atoms with E-state index in [9.17, 15) is 4.79 Å². The number of hydrogen-bond acceptors (Lipinski definition) is 3. The highest BCUT2D eigenvalue weighted by molar-refractivity contribution is 7.80. The largest absolute Gasteiger partial charge is 0.392 e. The Labute approximate surface area is 125 Å². The Morgan fingerprint density at radius 1 is 1.35 bits per heavy atom. The van der Waals surface area contributed by atoms with Gasteiger partial charge in [0.05, 0.1) is 10.4 Å². The molecule has 1 amide bonds. The van der Waals surface area contributed by atoms with E-state index in [0.29, 0.717) is 4.99 Å². The highest BCUT2D eigenvalue weighted by atomic mass is 32.1. The zero-order chi connectivity index (χ0) is 14.6. The molecule has 0 atom stereocenters. The van der Waals surface area contributed by atoms with Gasteiger partial charge in [0.25, 0.3) is 0 Å². The maximum absolute atomic E-state index is 12.7. The number of thiocarbonyl (C=S) groups is 1. The lowest BCUT2D eigenvalue weighted by atomic mass is 9.79. The summed E-state index contributed by atoms with van der Waals surface area (Å²) in [7, 11) is 0. The molecule has 20 heavy (non-hydrogen) atoms. The average molecular weight is 291 g/mol. The first-order valence-corrected chi connectivity index (χ1v) is 7.49. The van der Waals surface area contributed by atoms with Crippen molar-refractivity contribution >= 4 is 28.8 Å². The summed E-state index contributed by atoms with van der Waals surface area (Å²) < 4.78 is 0. The molecule has 4 nitrogen and oxygen atoms in total. The number of nitrogens with zero attached hydrogens (tertiary/aromatic N) is 1. The van der Waals surface area contributed by atoms with Gasteiger partial charge in [0.15, 0.2) is 0 Å². The van der Waals surface area contributed by atoms with Crippen LogP contribution in [-0.4, -0.2) is 15.9 Å². The number of carbonyl (C=O) groups is 1. The second-order valence-electron chi connectivity index (χ2n) is 5.50. The maximum Gasteiger partial charge on any atom is 0.237 e. The van der Waals surface area contributed by atoms with E-state index < -0.39 is 5.41 Å². The summed E-state index contributed by atoms with van der Waals surface area (Å²) in [6, 6.07) is 3.64. The topological polar surface area (TPSA) is 68.0 Å². The van der Waals surface area contributed by atoms with Crippen molar-refractivity contribution in [3.05, 3.63) is 24.0 Å². The van der Waals surface area contributed by atoms with E-state index in [2.05, 4.69) is 10.3 Å². The fraction of sp³-hybridized carbons (Fsp3) is 0.533. The summed E-state index contributed by atoms with van der Waals surface area (Å²) in [5, 5.41) is 2.96. The predicted molar refractivity (Wildman–Crippen MR) is 84.5 cm³/mol. The minimum Gasteiger partial charge on any atom is -0.392 e. The van der Waals surface area contributed by atoms with E-state index in [4.69, 9.17) is 18.0 Å². The summed E-state index contributed by atoms with van der Waals surface area (Å²) in [6.07, 6.45) is 7.47. The maximum atomic E-state index is 12.7. The summed E-state index contributed by atoms with van der Waals surface area (Å²) in [6.45, 7) is 1.89. The number of aryl methyl sites for hydroxylation is 1. The van der Waals surface area contributed by atoms with Crippen molar-refractivity contribution in [1.29, 1.82) is 0 Å². The first kappa shape index (κ1) is 14.9. The third kappa shape index (κ3) is 3.15. The predicted octanol–water partition coefficient (Wildman–Crippen LogP) is 2.96. The Morgan fingerprint density at radius 2 is 2.00 bits per heavy atom. The zero-order valence-corrected chi connectivity index (χ0v) is 12.6. The molecule has 0 unspecified atom stereocenters. The molecule has 5 heteroatoms. The van der Waals surface area contributed by atoms with E-state index in [-0.39, 0.29) is 5.91 Å². The number of carbonyl (C=O) groups excluding carboxylic acids is 1. The molecular formula is C15H21N3OS. The third-order valence-electron chi connectivity index (χ3n) is 4.02. The molecule has 0 saturated heterocycles. The van der Waals surface area contributed by atoms with Gasteiger partial charge in [-0.1, -0.05) is 37.9 Å². The summed E-state index contributed by atoms with van der Waals surface area (Å²) >= 11 is 5.21. The van der Waals surface area contributed by atoms with Crippen molar-refractivity contribution in [2.24, 2.45) is 11.1 Å². The van der Waals surface area contributed by atoms with Crippen LogP contribution < -0.4 is 11.1 Å². The SMILES string of the molecule is Cc1cc(NC(=O)C2(C(N)=S)CCCCCC2)ccn1. The second kappa shape index (κ2) is 6.31. The molecule has 1 aliphatic rings. The average Bonchev–Trinajstić information content (AvgIpc) is 2.65. The van der Waals surface area contributed by atoms with Crippen LogP contribution in [0.25, 0.3) is 0 Å². The molecule has 0 aromatic carbocycles. The van der Waals surface area contributed by atoms with Crippen molar-refractivity contribution in [2.75, 3.05) is 5.32 Å². The van der Waals surface area contributed by atoms with Gasteiger partial charge in [-0.05, 0) is 31.9 Å². The molecule has 3 N–H and O–H groups in total. The highest BCUT2D eigenvalue weighted by Crippen LogP contribution is 2.36. The van der Waals surface area contributed by atoms with E-state index in [1.54, 1.807) is 12.3 Å². The molecule has 0 aliphatic heterocycles. The number of nitrogens with one attached hydrogen (secondary N) is 1. The molecule has 1 fully saturated rings. The standard InChI is InChI=1S/C15H21N3OS/c1-11-10-12(6-9-17-11)18-14(19)15(13(16)20)7-4-2-3-5-8-15/h6,9-10H,2-5,7-8H2,1H3,(H2,16,20)(H,17,18,19). The molecule has 0 spiro atoms. The van der Waals surface area contributed by atoms with E-state index in [0.717, 1.165) is 49.9 Å². The number of amides is 1. The molecule has 1 heterocycles. The highest BCUT2D eigenvalue weighted by Gasteiger charge is 2.41. The van der Waals surface area contributed by atoms with Crippen LogP contribution in [0.5, 0.6) is 0 Å². The van der Waals surface area contributed by atoms with Crippen LogP contribution in [0.15, 0.2) is 18.3 Å². The van der Waals surface area contributed by atoms with Crippen LogP contribution in [0, 0.1) is 12.3 Å². The van der Waals surface area contributed by atoms with Gasteiger partial charge >= 0.3 is 0 Å². The molecular weight excluding hydrogens is 270 g/mol. The van der Waals surface area contributed by atoms with Crippen molar-refractivity contribution < 1.29 is 4.79 Å². The van der Waals surface area contributed by atoms with Crippen LogP contribution in [-0.2, 0) is 4.79 Å². The fourth-order valence-corrected chi connectivity index (χ4v) is 3.09. The number of hydrogen-bond donors (Lipinski definition) is 2. The minimum absolute atomic E-state index is 0.0718. The van der Waals surface area contributed by atoms with Gasteiger partial charge in [-0.3, -0.25) is 9.78 Å². The first-order valence-electron chi connectivity index (χ1n) is 7.09. The number of aromatic nitrogens is 1. The Bertz CT molecular complexity index is 508. The molecule has 2 rings (SSSR count). The van der Waals surface area contributed by atoms with Crippen LogP contribution in [0.4, 0.5) is 5.69 Å². The molecule has 1 aromatic heterocycles. The van der Waals surface area contributed by atoms with Gasteiger partial charge in [0.2, 0.25) is 5.91 Å². The van der Waals surface area contributed by atoms with Gasteiger partial charge < -0.3 is 11.1 Å². The lowest BCUT2D eigenvalue weighted by Crippen LogP contribution is -2.45. The van der Waals surface area contributed by atoms with Crippen LogP contribution in [0.3, 0.4) is 0 Å². The van der Waals surface area contributed by atoms with Gasteiger partial charge in [0.1, 0.15) is 0 Å². The van der Waals surface area contributed by atoms with E-state index >= 15 is 0 Å². The molecule has 1 saturated carbocycles. The third-order valence-corrected chi connectivity index (χ3v) is 4.41. The Balaban J connectivity index is 2.21. The lowest BCUT2D eigenvalue weighted by Gasteiger charge is -2.30. The molecule has 1 aromatic rings. The fourth-order valence-electron chi connectivity index (χ4n) is 2.79. The number of pyridine rings is 1. The first-order chi connectivity index (χ1) is 9.54. The smallest absolute Gasteiger partial charge is 0.237 e. The van der Waals surface area contributed by atoms with Crippen molar-refractivity contribution in [2.45, 2.75) is 45.4 Å². The van der Waals surface area contributed by atoms with Gasteiger partial charge in [0, 0.05) is 17.6 Å². The van der Waals surface area contributed by atoms with Crippen LogP contribution in [0.2, 0.25) is 0 Å². The van der Waals surface area contributed by atoms with E-state index in [1.165, 1.54) is 0 Å². The molecule has 1 aliphatic carbocycles. The minimum atomic E-state index is -0.691. The Hall–Kier alpha value is -1.49. The van der Waals surface area contributed by atoms with Crippen LogP contribution in [0.1, 0.15) is 44.2 Å². The van der Waals surface area contributed by atoms with Crippen molar-refractivity contribution in [3.63, 3.8) is 0 Å². The summed E-state index contributed by atoms with van der Waals surface area (Å²) in [5.74, 6) is -0.0718. The van der Waals surface area contributed by atoms with Crippen molar-refractivity contribution in [3.8, 4) is 0 Å². The van der Waals surface area contributed by atoms with Crippen molar-refractivity contribution in [1.82, 2.24) is 4.98 Å². The number of rotatable bonds is 3. The van der Waals surface area contributed by atoms with Gasteiger partial charge in [-0.25, -0.2) is 0 Å². The Morgan fingerprint density at radius 3 is 2.55 bits per heavy atom. The van der Waals surface area contributed by atoms with Gasteiger partial charge in [-0.15, -0.1) is 0 Å². The zero-order valence-electron chi connectivity index (χ0n) is 11.8. The van der Waals surface area contributed by atoms with Crippen LogP contribution >= 0.6 is 12.2 Å². The Kier molecular flexibility index (Phi) is 4.70. The molecule has 0 radical (unpaired) electrons. The molecule has 108 valence electrons. The number of anilines is 1. The normalized spacial score (nSPS) is 18.1. The molecule has 0 bridgehead atoms. The van der Waals surface area contributed by atoms with E-state index in [1.807, 2.05) is 13.0 Å². The lowest BCUT2D eigenvalue weighted by molar-refractivity contribution is -0.122. The second-order valence-corrected chi connectivity index (χ2v) is 5.94. The summed E-state index contributed by atoms with van der Waals surface area (Å²) in [4.78, 5) is 17.1. The summed E-state index contributed by atoms with van der Waals surface area (Å²) in [5.41, 5.74) is 6.84. The quantitative estimate of drug-likeness (QED) is 0.663.